The first-order valence-corrected chi connectivity index (χ1v) is 6.28. The molecule has 1 aromatic heterocycles. The summed E-state index contributed by atoms with van der Waals surface area (Å²) >= 11 is 1.16. The average molecular weight is 240 g/mol. The van der Waals surface area contributed by atoms with Crippen LogP contribution in [0.5, 0.6) is 0 Å². The molecule has 0 spiro atoms. The molecule has 6 heteroatoms. The van der Waals surface area contributed by atoms with E-state index in [1.54, 1.807) is 4.90 Å². The van der Waals surface area contributed by atoms with Crippen LogP contribution in [-0.4, -0.2) is 47.1 Å². The Labute approximate surface area is 99.0 Å². The Bertz CT molecular complexity index is 335. The minimum atomic E-state index is 0.0357. The van der Waals surface area contributed by atoms with Gasteiger partial charge in [0.1, 0.15) is 4.88 Å². The molecule has 0 saturated carbocycles. The van der Waals surface area contributed by atoms with Crippen molar-refractivity contribution in [2.45, 2.75) is 12.8 Å². The third-order valence-electron chi connectivity index (χ3n) is 2.91. The second-order valence-electron chi connectivity index (χ2n) is 4.16. The first-order chi connectivity index (χ1) is 7.77. The van der Waals surface area contributed by atoms with E-state index in [0.717, 1.165) is 44.0 Å². The molecule has 1 aliphatic rings. The SMILES string of the molecule is CN(CC1CCNCC1)C(=O)c1cnns1. The standard InChI is InChI=1S/C10H16N4OS/c1-14(7-8-2-4-11-5-3-8)10(15)9-6-12-13-16-9/h6,8,11H,2-5,7H2,1H3. The van der Waals surface area contributed by atoms with Crippen LogP contribution in [-0.2, 0) is 0 Å². The van der Waals surface area contributed by atoms with Gasteiger partial charge in [0.25, 0.3) is 5.91 Å². The summed E-state index contributed by atoms with van der Waals surface area (Å²) in [5.74, 6) is 0.657. The number of carbonyl (C=O) groups excluding carboxylic acids is 1. The van der Waals surface area contributed by atoms with Gasteiger partial charge in [0.2, 0.25) is 0 Å². The Morgan fingerprint density at radius 2 is 2.38 bits per heavy atom. The fourth-order valence-electron chi connectivity index (χ4n) is 1.98. The van der Waals surface area contributed by atoms with Crippen molar-refractivity contribution >= 4 is 17.4 Å². The van der Waals surface area contributed by atoms with Gasteiger partial charge < -0.3 is 10.2 Å². The smallest absolute Gasteiger partial charge is 0.266 e. The van der Waals surface area contributed by atoms with Crippen LogP contribution in [0.1, 0.15) is 22.5 Å². The molecule has 16 heavy (non-hydrogen) atoms. The summed E-state index contributed by atoms with van der Waals surface area (Å²) in [6.45, 7) is 2.96. The predicted octanol–water partition coefficient (Wildman–Crippen LogP) is 0.610. The first-order valence-electron chi connectivity index (χ1n) is 5.51. The highest BCUT2D eigenvalue weighted by molar-refractivity contribution is 7.07. The van der Waals surface area contributed by atoms with Crippen molar-refractivity contribution in [2.24, 2.45) is 5.92 Å². The summed E-state index contributed by atoms with van der Waals surface area (Å²) in [6.07, 6.45) is 3.84. The van der Waals surface area contributed by atoms with Crippen molar-refractivity contribution in [2.75, 3.05) is 26.7 Å². The Kier molecular flexibility index (Phi) is 3.84. The molecule has 0 aromatic carbocycles. The lowest BCUT2D eigenvalue weighted by atomic mass is 9.98. The number of amides is 1. The van der Waals surface area contributed by atoms with Crippen molar-refractivity contribution in [3.8, 4) is 0 Å². The molecule has 1 aliphatic heterocycles. The van der Waals surface area contributed by atoms with Gasteiger partial charge in [0.05, 0.1) is 6.20 Å². The average Bonchev–Trinajstić information content (AvgIpc) is 2.83. The number of carbonyl (C=O) groups is 1. The molecule has 0 radical (unpaired) electrons. The monoisotopic (exact) mass is 240 g/mol. The number of nitrogens with one attached hydrogen (secondary N) is 1. The van der Waals surface area contributed by atoms with Crippen LogP contribution in [0.3, 0.4) is 0 Å². The zero-order valence-corrected chi connectivity index (χ0v) is 10.2. The largest absolute Gasteiger partial charge is 0.341 e. The highest BCUT2D eigenvalue weighted by Gasteiger charge is 2.19. The third-order valence-corrected chi connectivity index (χ3v) is 3.56. The molecule has 0 atom stereocenters. The normalized spacial score (nSPS) is 17.3. The summed E-state index contributed by atoms with van der Waals surface area (Å²) in [6, 6.07) is 0. The van der Waals surface area contributed by atoms with Crippen molar-refractivity contribution < 1.29 is 4.79 Å². The molecule has 5 nitrogen and oxygen atoms in total. The molecule has 1 saturated heterocycles. The van der Waals surface area contributed by atoms with E-state index in [1.165, 1.54) is 6.20 Å². The van der Waals surface area contributed by atoms with E-state index < -0.39 is 0 Å². The van der Waals surface area contributed by atoms with Gasteiger partial charge in [-0.25, -0.2) is 0 Å². The van der Waals surface area contributed by atoms with Gasteiger partial charge in [-0.05, 0) is 43.4 Å². The summed E-state index contributed by atoms with van der Waals surface area (Å²) in [4.78, 5) is 14.3. The van der Waals surface area contributed by atoms with Crippen LogP contribution in [0.15, 0.2) is 6.20 Å². The van der Waals surface area contributed by atoms with Crippen LogP contribution in [0.25, 0.3) is 0 Å². The number of aromatic nitrogens is 2. The molecular formula is C10H16N4OS. The minimum Gasteiger partial charge on any atom is -0.341 e. The van der Waals surface area contributed by atoms with Crippen LogP contribution in [0.2, 0.25) is 0 Å². The van der Waals surface area contributed by atoms with Gasteiger partial charge in [-0.3, -0.25) is 4.79 Å². The Balaban J connectivity index is 1.87. The summed E-state index contributed by atoms with van der Waals surface area (Å²) in [5.41, 5.74) is 0. The quantitative estimate of drug-likeness (QED) is 0.841. The van der Waals surface area contributed by atoms with Crippen LogP contribution < -0.4 is 5.32 Å². The van der Waals surface area contributed by atoms with Crippen molar-refractivity contribution in [1.29, 1.82) is 0 Å². The van der Waals surface area contributed by atoms with Crippen molar-refractivity contribution in [1.82, 2.24) is 19.8 Å². The Hall–Kier alpha value is -1.01. The number of nitrogens with zero attached hydrogens (tertiary/aromatic N) is 3. The lowest BCUT2D eigenvalue weighted by molar-refractivity contribution is 0.0767. The van der Waals surface area contributed by atoms with Gasteiger partial charge in [0.15, 0.2) is 0 Å². The second kappa shape index (κ2) is 5.36. The summed E-state index contributed by atoms with van der Waals surface area (Å²) in [7, 11) is 1.85. The van der Waals surface area contributed by atoms with E-state index in [-0.39, 0.29) is 5.91 Å². The molecule has 2 rings (SSSR count). The zero-order chi connectivity index (χ0) is 11.4. The number of piperidine rings is 1. The van der Waals surface area contributed by atoms with Crippen LogP contribution >= 0.6 is 11.5 Å². The molecule has 1 N–H and O–H groups in total. The highest BCUT2D eigenvalue weighted by Crippen LogP contribution is 2.14. The van der Waals surface area contributed by atoms with E-state index in [4.69, 9.17) is 0 Å². The lowest BCUT2D eigenvalue weighted by Gasteiger charge is -2.27. The molecule has 0 unspecified atom stereocenters. The Morgan fingerprint density at radius 1 is 1.62 bits per heavy atom. The molecule has 0 bridgehead atoms. The van der Waals surface area contributed by atoms with Gasteiger partial charge in [-0.15, -0.1) is 5.10 Å². The Morgan fingerprint density at radius 3 is 3.00 bits per heavy atom. The minimum absolute atomic E-state index is 0.0357. The van der Waals surface area contributed by atoms with E-state index >= 15 is 0 Å². The zero-order valence-electron chi connectivity index (χ0n) is 9.35. The van der Waals surface area contributed by atoms with Gasteiger partial charge in [0, 0.05) is 13.6 Å². The highest BCUT2D eigenvalue weighted by atomic mass is 32.1. The number of hydrogen-bond donors (Lipinski definition) is 1. The van der Waals surface area contributed by atoms with Crippen molar-refractivity contribution in [3.63, 3.8) is 0 Å². The number of rotatable bonds is 3. The molecule has 1 amide bonds. The lowest BCUT2D eigenvalue weighted by Crippen LogP contribution is -2.37. The number of hydrogen-bond acceptors (Lipinski definition) is 5. The molecular weight excluding hydrogens is 224 g/mol. The fraction of sp³-hybridized carbons (Fsp3) is 0.700. The molecule has 1 fully saturated rings. The molecule has 2 heterocycles. The van der Waals surface area contributed by atoms with Crippen LogP contribution in [0, 0.1) is 5.92 Å². The van der Waals surface area contributed by atoms with E-state index in [2.05, 4.69) is 14.9 Å². The third kappa shape index (κ3) is 2.76. The first kappa shape index (κ1) is 11.5. The fourth-order valence-corrected chi connectivity index (χ4v) is 2.49. The maximum absolute atomic E-state index is 11.9. The predicted molar refractivity (Wildman–Crippen MR) is 62.5 cm³/mol. The second-order valence-corrected chi connectivity index (χ2v) is 4.95. The topological polar surface area (TPSA) is 58.1 Å². The maximum Gasteiger partial charge on any atom is 0.266 e. The summed E-state index contributed by atoms with van der Waals surface area (Å²) < 4.78 is 3.71. The van der Waals surface area contributed by atoms with E-state index in [9.17, 15) is 4.79 Å². The van der Waals surface area contributed by atoms with Gasteiger partial charge >= 0.3 is 0 Å². The van der Waals surface area contributed by atoms with E-state index in [0.29, 0.717) is 10.8 Å². The van der Waals surface area contributed by atoms with Crippen molar-refractivity contribution in [3.05, 3.63) is 11.1 Å². The maximum atomic E-state index is 11.9. The van der Waals surface area contributed by atoms with Crippen LogP contribution in [0.4, 0.5) is 0 Å². The summed E-state index contributed by atoms with van der Waals surface area (Å²) in [5, 5.41) is 7.01. The van der Waals surface area contributed by atoms with Gasteiger partial charge in [-0.1, -0.05) is 4.49 Å². The van der Waals surface area contributed by atoms with E-state index in [1.807, 2.05) is 7.05 Å². The molecule has 1 aromatic rings. The molecule has 88 valence electrons. The molecule has 0 aliphatic carbocycles. The van der Waals surface area contributed by atoms with Gasteiger partial charge in [-0.2, -0.15) is 0 Å².